The lowest BCUT2D eigenvalue weighted by molar-refractivity contribution is 0.101. The molecular formula is C26H31N7OS. The number of benzene rings is 1. The van der Waals surface area contributed by atoms with Crippen LogP contribution in [0.25, 0.3) is 21.3 Å². The number of rotatable bonds is 6. The second-order valence-corrected chi connectivity index (χ2v) is 10.3. The van der Waals surface area contributed by atoms with Crippen LogP contribution in [-0.2, 0) is 13.6 Å². The van der Waals surface area contributed by atoms with E-state index in [1.54, 1.807) is 39.9 Å². The first-order valence-electron chi connectivity index (χ1n) is 12.2. The highest BCUT2D eigenvalue weighted by molar-refractivity contribution is 7.16. The van der Waals surface area contributed by atoms with E-state index in [0.29, 0.717) is 6.04 Å². The molecule has 1 aliphatic rings. The van der Waals surface area contributed by atoms with Gasteiger partial charge in [0.05, 0.1) is 39.2 Å². The summed E-state index contributed by atoms with van der Waals surface area (Å²) in [5, 5.41) is 13.9. The minimum Gasteiger partial charge on any atom is -0.364 e. The number of fused-ring (bicyclic) bond motifs is 2. The Labute approximate surface area is 209 Å². The minimum atomic E-state index is -0.0550. The maximum absolute atomic E-state index is 12.9. The van der Waals surface area contributed by atoms with Crippen LogP contribution in [0.1, 0.15) is 45.2 Å². The van der Waals surface area contributed by atoms with E-state index in [9.17, 15) is 4.79 Å². The highest BCUT2D eigenvalue weighted by Gasteiger charge is 2.36. The van der Waals surface area contributed by atoms with Gasteiger partial charge in [-0.25, -0.2) is 4.98 Å². The summed E-state index contributed by atoms with van der Waals surface area (Å²) in [6, 6.07) is 11.4. The molecule has 5 rings (SSSR count). The fourth-order valence-electron chi connectivity index (χ4n) is 5.39. The van der Waals surface area contributed by atoms with Crippen molar-refractivity contribution in [3.05, 3.63) is 51.9 Å². The van der Waals surface area contributed by atoms with Crippen LogP contribution in [0.4, 0.5) is 5.69 Å². The maximum atomic E-state index is 12.9. The topological polar surface area (TPSA) is 83.0 Å². The molecule has 1 aromatic carbocycles. The lowest BCUT2D eigenvalue weighted by Crippen LogP contribution is -2.58. The number of aryl methyl sites for hydroxylation is 1. The van der Waals surface area contributed by atoms with Gasteiger partial charge in [-0.2, -0.15) is 10.4 Å². The molecule has 0 radical (unpaired) electrons. The van der Waals surface area contributed by atoms with E-state index in [4.69, 9.17) is 10.4 Å². The molecule has 182 valence electrons. The molecule has 3 aromatic heterocycles. The van der Waals surface area contributed by atoms with Crippen molar-refractivity contribution in [1.82, 2.24) is 24.2 Å². The highest BCUT2D eigenvalue weighted by atomic mass is 32.1. The van der Waals surface area contributed by atoms with Crippen LogP contribution in [-0.4, -0.2) is 49.4 Å². The van der Waals surface area contributed by atoms with Crippen LogP contribution in [0.15, 0.2) is 40.8 Å². The number of hydrogen-bond acceptors (Lipinski definition) is 7. The zero-order valence-corrected chi connectivity index (χ0v) is 21.5. The van der Waals surface area contributed by atoms with E-state index in [1.165, 1.54) is 10.3 Å². The van der Waals surface area contributed by atoms with Crippen molar-refractivity contribution in [3.8, 4) is 6.07 Å². The lowest BCUT2D eigenvalue weighted by Gasteiger charge is -2.49. The number of piperazine rings is 1. The van der Waals surface area contributed by atoms with Crippen LogP contribution >= 0.6 is 11.3 Å². The predicted molar refractivity (Wildman–Crippen MR) is 141 cm³/mol. The van der Waals surface area contributed by atoms with Crippen molar-refractivity contribution in [2.75, 3.05) is 18.0 Å². The number of aromatic nitrogens is 4. The molecule has 9 heteroatoms. The van der Waals surface area contributed by atoms with Gasteiger partial charge < -0.3 is 9.47 Å². The second kappa shape index (κ2) is 9.44. The van der Waals surface area contributed by atoms with E-state index in [0.717, 1.165) is 48.2 Å². The van der Waals surface area contributed by atoms with Crippen LogP contribution < -0.4 is 10.5 Å². The number of anilines is 1. The smallest absolute Gasteiger partial charge is 0.252 e. The van der Waals surface area contributed by atoms with E-state index < -0.39 is 0 Å². The number of thiazole rings is 1. The number of hydrogen-bond donors (Lipinski definition) is 0. The molecule has 0 unspecified atom stereocenters. The molecule has 0 spiro atoms. The largest absolute Gasteiger partial charge is 0.364 e. The summed E-state index contributed by atoms with van der Waals surface area (Å²) in [5.41, 5.74) is 6.65. The zero-order chi connectivity index (χ0) is 24.7. The van der Waals surface area contributed by atoms with Crippen molar-refractivity contribution < 1.29 is 0 Å². The fourth-order valence-corrected chi connectivity index (χ4v) is 6.11. The summed E-state index contributed by atoms with van der Waals surface area (Å²) in [6.07, 6.45) is 3.77. The molecule has 8 nitrogen and oxygen atoms in total. The molecule has 1 fully saturated rings. The SMILES string of the molecule is CC[C@H]1CN([C@H](C)c2ccc3ncsc3c2)[C@H](CC)CN1c1cc(=O)n(C)c2cn(CC#N)nc12. The van der Waals surface area contributed by atoms with Crippen LogP contribution in [0.5, 0.6) is 0 Å². The predicted octanol–water partition coefficient (Wildman–Crippen LogP) is 4.31. The Bertz CT molecular complexity index is 1460. The average Bonchev–Trinajstić information content (AvgIpc) is 3.52. The minimum absolute atomic E-state index is 0.0550. The molecule has 0 N–H and O–H groups in total. The van der Waals surface area contributed by atoms with Crippen molar-refractivity contribution in [2.24, 2.45) is 7.05 Å². The summed E-state index contributed by atoms with van der Waals surface area (Å²) >= 11 is 1.69. The number of nitriles is 1. The van der Waals surface area contributed by atoms with Gasteiger partial charge >= 0.3 is 0 Å². The first-order chi connectivity index (χ1) is 16.9. The molecule has 4 heterocycles. The third-order valence-electron chi connectivity index (χ3n) is 7.50. The van der Waals surface area contributed by atoms with E-state index in [2.05, 4.69) is 59.8 Å². The Morgan fingerprint density at radius 2 is 2.00 bits per heavy atom. The Morgan fingerprint density at radius 3 is 2.74 bits per heavy atom. The Kier molecular flexibility index (Phi) is 6.34. The first-order valence-corrected chi connectivity index (χ1v) is 13.1. The third-order valence-corrected chi connectivity index (χ3v) is 8.29. The first kappa shape index (κ1) is 23.5. The van der Waals surface area contributed by atoms with Gasteiger partial charge in [0.25, 0.3) is 5.56 Å². The van der Waals surface area contributed by atoms with E-state index >= 15 is 0 Å². The third kappa shape index (κ3) is 4.11. The number of pyridine rings is 1. The second-order valence-electron chi connectivity index (χ2n) is 9.37. The lowest BCUT2D eigenvalue weighted by atomic mass is 9.96. The quantitative estimate of drug-likeness (QED) is 0.401. The highest BCUT2D eigenvalue weighted by Crippen LogP contribution is 2.35. The van der Waals surface area contributed by atoms with Crippen molar-refractivity contribution in [3.63, 3.8) is 0 Å². The molecule has 0 bridgehead atoms. The van der Waals surface area contributed by atoms with Crippen LogP contribution in [0, 0.1) is 11.3 Å². The maximum Gasteiger partial charge on any atom is 0.252 e. The van der Waals surface area contributed by atoms with Crippen LogP contribution in [0.2, 0.25) is 0 Å². The van der Waals surface area contributed by atoms with Gasteiger partial charge in [0.2, 0.25) is 0 Å². The molecule has 35 heavy (non-hydrogen) atoms. The molecule has 1 saturated heterocycles. The van der Waals surface area contributed by atoms with E-state index in [-0.39, 0.29) is 24.2 Å². The molecule has 4 aromatic rings. The van der Waals surface area contributed by atoms with Gasteiger partial charge in [0.1, 0.15) is 12.1 Å². The molecule has 0 saturated carbocycles. The summed E-state index contributed by atoms with van der Waals surface area (Å²) in [4.78, 5) is 22.3. The number of nitrogens with zero attached hydrogens (tertiary/aromatic N) is 7. The Morgan fingerprint density at radius 1 is 1.20 bits per heavy atom. The van der Waals surface area contributed by atoms with Gasteiger partial charge in [0, 0.05) is 44.3 Å². The average molecular weight is 490 g/mol. The Balaban J connectivity index is 1.51. The summed E-state index contributed by atoms with van der Waals surface area (Å²) in [7, 11) is 1.76. The molecule has 3 atom stereocenters. The summed E-state index contributed by atoms with van der Waals surface area (Å²) in [5.74, 6) is 0. The molecular weight excluding hydrogens is 458 g/mol. The normalized spacial score (nSPS) is 19.9. The zero-order valence-electron chi connectivity index (χ0n) is 20.7. The van der Waals surface area contributed by atoms with Gasteiger partial charge in [-0.1, -0.05) is 19.9 Å². The van der Waals surface area contributed by atoms with Crippen molar-refractivity contribution in [2.45, 2.75) is 58.3 Å². The molecule has 0 aliphatic carbocycles. The van der Waals surface area contributed by atoms with Crippen LogP contribution in [0.3, 0.4) is 0 Å². The van der Waals surface area contributed by atoms with Gasteiger partial charge in [-0.15, -0.1) is 11.3 Å². The van der Waals surface area contributed by atoms with Gasteiger partial charge in [-0.05, 0) is 37.5 Å². The fraction of sp³-hybridized carbons (Fsp3) is 0.462. The summed E-state index contributed by atoms with van der Waals surface area (Å²) in [6.45, 7) is 8.65. The van der Waals surface area contributed by atoms with E-state index in [1.807, 2.05) is 5.51 Å². The van der Waals surface area contributed by atoms with Crippen molar-refractivity contribution in [1.29, 1.82) is 5.26 Å². The van der Waals surface area contributed by atoms with Crippen molar-refractivity contribution >= 4 is 38.3 Å². The standard InChI is InChI=1S/C26H31N7OS/c1-5-19-14-33(22-12-25(34)30(4)23-15-31(10-9-27)29-26(22)23)20(6-2)13-32(19)17(3)18-7-8-21-24(11-18)35-16-28-21/h7-8,11-12,15-17,19-20H,5-6,10,13-14H2,1-4H3/t17-,19-,20+/m1/s1. The summed E-state index contributed by atoms with van der Waals surface area (Å²) < 4.78 is 4.47. The monoisotopic (exact) mass is 489 g/mol. The molecule has 0 amide bonds. The molecule has 1 aliphatic heterocycles. The van der Waals surface area contributed by atoms with Gasteiger partial charge in [0.15, 0.2) is 0 Å². The van der Waals surface area contributed by atoms with Gasteiger partial charge in [-0.3, -0.25) is 14.4 Å². The Hall–Kier alpha value is -3.22.